The molecule has 0 saturated heterocycles. The molecular formula is C8H12N2O2. The fourth-order valence-electron chi connectivity index (χ4n) is 1.46. The monoisotopic (exact) mass is 168 g/mol. The number of nitrogens with zero attached hydrogens (tertiary/aromatic N) is 1. The molecule has 12 heavy (non-hydrogen) atoms. The molecule has 0 radical (unpaired) electrons. The zero-order valence-electron chi connectivity index (χ0n) is 7.04. The Kier molecular flexibility index (Phi) is 1.58. The van der Waals surface area contributed by atoms with Gasteiger partial charge in [-0.2, -0.15) is 0 Å². The molecule has 0 atom stereocenters. The minimum atomic E-state index is 0.103. The molecule has 1 fully saturated rings. The van der Waals surface area contributed by atoms with E-state index in [1.165, 1.54) is 0 Å². The van der Waals surface area contributed by atoms with Crippen molar-refractivity contribution in [2.75, 3.05) is 13.7 Å². The van der Waals surface area contributed by atoms with Gasteiger partial charge in [-0.3, -0.25) is 0 Å². The lowest BCUT2D eigenvalue weighted by molar-refractivity contribution is 0.256. The van der Waals surface area contributed by atoms with E-state index in [2.05, 4.69) is 5.16 Å². The Morgan fingerprint density at radius 1 is 1.75 bits per heavy atom. The second-order valence-electron chi connectivity index (χ2n) is 3.22. The normalized spacial score (nSPS) is 19.2. The number of nitrogens with two attached hydrogens (primary N) is 1. The van der Waals surface area contributed by atoms with Crippen molar-refractivity contribution < 1.29 is 9.26 Å². The summed E-state index contributed by atoms with van der Waals surface area (Å²) in [6, 6.07) is 0. The molecule has 0 aromatic carbocycles. The maximum absolute atomic E-state index is 5.66. The Hall–Kier alpha value is -1.03. The average Bonchev–Trinajstić information content (AvgIpc) is 2.76. The number of ether oxygens (including phenoxy) is 1. The minimum absolute atomic E-state index is 0.103. The van der Waals surface area contributed by atoms with Crippen LogP contribution in [-0.2, 0) is 5.41 Å². The van der Waals surface area contributed by atoms with Gasteiger partial charge in [0.15, 0.2) is 0 Å². The van der Waals surface area contributed by atoms with Crippen molar-refractivity contribution in [1.29, 1.82) is 0 Å². The molecule has 0 aliphatic heterocycles. The zero-order valence-corrected chi connectivity index (χ0v) is 7.04. The molecule has 4 heteroatoms. The second-order valence-corrected chi connectivity index (χ2v) is 3.22. The van der Waals surface area contributed by atoms with E-state index in [1.807, 2.05) is 0 Å². The highest BCUT2D eigenvalue weighted by atomic mass is 16.6. The summed E-state index contributed by atoms with van der Waals surface area (Å²) in [5.41, 5.74) is 6.78. The van der Waals surface area contributed by atoms with Crippen LogP contribution >= 0.6 is 0 Å². The molecule has 66 valence electrons. The van der Waals surface area contributed by atoms with Crippen LogP contribution in [0.25, 0.3) is 0 Å². The Morgan fingerprint density at radius 2 is 2.50 bits per heavy atom. The number of methoxy groups -OCH3 is 1. The molecule has 1 heterocycles. The van der Waals surface area contributed by atoms with E-state index in [0.29, 0.717) is 12.5 Å². The molecular weight excluding hydrogens is 156 g/mol. The number of aromatic nitrogens is 1. The van der Waals surface area contributed by atoms with Crippen molar-refractivity contribution in [3.05, 3.63) is 11.8 Å². The molecule has 0 amide bonds. The summed E-state index contributed by atoms with van der Waals surface area (Å²) in [6.07, 6.45) is 3.93. The predicted molar refractivity (Wildman–Crippen MR) is 43.0 cm³/mol. The van der Waals surface area contributed by atoms with Gasteiger partial charge in [-0.15, -0.1) is 0 Å². The third kappa shape index (κ3) is 0.914. The highest BCUT2D eigenvalue weighted by molar-refractivity contribution is 5.35. The van der Waals surface area contributed by atoms with Gasteiger partial charge in [0, 0.05) is 12.0 Å². The van der Waals surface area contributed by atoms with Crippen LogP contribution in [-0.4, -0.2) is 18.8 Å². The predicted octanol–water partition coefficient (Wildman–Crippen LogP) is 0.673. The SMILES string of the molecule is COc1oncc1C1(CN)CC1. The average molecular weight is 168 g/mol. The molecule has 0 spiro atoms. The van der Waals surface area contributed by atoms with Crippen molar-refractivity contribution in [2.45, 2.75) is 18.3 Å². The molecule has 1 aromatic heterocycles. The maximum Gasteiger partial charge on any atom is 0.314 e. The van der Waals surface area contributed by atoms with Crippen LogP contribution in [0.4, 0.5) is 0 Å². The van der Waals surface area contributed by atoms with Gasteiger partial charge in [0.2, 0.25) is 0 Å². The molecule has 1 saturated carbocycles. The fraction of sp³-hybridized carbons (Fsp3) is 0.625. The first-order chi connectivity index (χ1) is 5.82. The maximum atomic E-state index is 5.66. The molecule has 1 aliphatic carbocycles. The van der Waals surface area contributed by atoms with Gasteiger partial charge in [-0.05, 0) is 12.8 Å². The lowest BCUT2D eigenvalue weighted by atomic mass is 10.00. The summed E-state index contributed by atoms with van der Waals surface area (Å²) in [5.74, 6) is 0.512. The standard InChI is InChI=1S/C8H12N2O2/c1-11-7-6(4-10-12-7)8(5-9)2-3-8/h4H,2-3,5,9H2,1H3. The number of hydrogen-bond donors (Lipinski definition) is 1. The van der Waals surface area contributed by atoms with E-state index in [1.54, 1.807) is 13.3 Å². The van der Waals surface area contributed by atoms with Crippen LogP contribution < -0.4 is 10.5 Å². The van der Waals surface area contributed by atoms with Crippen LogP contribution in [0.2, 0.25) is 0 Å². The lowest BCUT2D eigenvalue weighted by Gasteiger charge is -2.09. The molecule has 0 unspecified atom stereocenters. The Bertz CT molecular complexity index is 278. The zero-order chi connectivity index (χ0) is 8.60. The quantitative estimate of drug-likeness (QED) is 0.720. The first-order valence-corrected chi connectivity index (χ1v) is 4.01. The third-order valence-corrected chi connectivity index (χ3v) is 2.54. The highest BCUT2D eigenvalue weighted by Gasteiger charge is 2.46. The summed E-state index contributed by atoms with van der Waals surface area (Å²) < 4.78 is 9.94. The Balaban J connectivity index is 2.32. The van der Waals surface area contributed by atoms with Crippen LogP contribution in [0, 0.1) is 0 Å². The highest BCUT2D eigenvalue weighted by Crippen LogP contribution is 2.50. The van der Waals surface area contributed by atoms with Gasteiger partial charge in [0.1, 0.15) is 0 Å². The first kappa shape index (κ1) is 7.61. The molecule has 1 aromatic rings. The third-order valence-electron chi connectivity index (χ3n) is 2.54. The smallest absolute Gasteiger partial charge is 0.314 e. The van der Waals surface area contributed by atoms with Crippen molar-refractivity contribution >= 4 is 0 Å². The van der Waals surface area contributed by atoms with Gasteiger partial charge < -0.3 is 15.0 Å². The summed E-state index contributed by atoms with van der Waals surface area (Å²) in [6.45, 7) is 0.643. The van der Waals surface area contributed by atoms with E-state index in [4.69, 9.17) is 15.0 Å². The van der Waals surface area contributed by atoms with Crippen LogP contribution in [0.15, 0.2) is 10.7 Å². The molecule has 4 nitrogen and oxygen atoms in total. The number of rotatable bonds is 3. The Morgan fingerprint density at radius 3 is 3.00 bits per heavy atom. The second kappa shape index (κ2) is 2.48. The summed E-state index contributed by atoms with van der Waals surface area (Å²) in [7, 11) is 1.58. The van der Waals surface area contributed by atoms with Gasteiger partial charge in [-0.1, -0.05) is 5.16 Å². The molecule has 2 N–H and O–H groups in total. The van der Waals surface area contributed by atoms with Crippen LogP contribution in [0.5, 0.6) is 5.95 Å². The van der Waals surface area contributed by atoms with Crippen molar-refractivity contribution in [3.63, 3.8) is 0 Å². The Labute approximate surface area is 70.7 Å². The van der Waals surface area contributed by atoms with E-state index >= 15 is 0 Å². The van der Waals surface area contributed by atoms with Gasteiger partial charge in [0.25, 0.3) is 0 Å². The van der Waals surface area contributed by atoms with E-state index < -0.39 is 0 Å². The minimum Gasteiger partial charge on any atom is -0.467 e. The summed E-state index contributed by atoms with van der Waals surface area (Å²) >= 11 is 0. The van der Waals surface area contributed by atoms with Gasteiger partial charge >= 0.3 is 5.95 Å². The van der Waals surface area contributed by atoms with Gasteiger partial charge in [-0.25, -0.2) is 0 Å². The van der Waals surface area contributed by atoms with Crippen molar-refractivity contribution in [3.8, 4) is 5.95 Å². The van der Waals surface area contributed by atoms with E-state index in [0.717, 1.165) is 18.4 Å². The lowest BCUT2D eigenvalue weighted by Crippen LogP contribution is -2.19. The van der Waals surface area contributed by atoms with Crippen molar-refractivity contribution in [2.24, 2.45) is 5.73 Å². The van der Waals surface area contributed by atoms with Crippen LogP contribution in [0.3, 0.4) is 0 Å². The first-order valence-electron chi connectivity index (χ1n) is 4.01. The molecule has 2 rings (SSSR count). The fourth-order valence-corrected chi connectivity index (χ4v) is 1.46. The van der Waals surface area contributed by atoms with Crippen LogP contribution in [0.1, 0.15) is 18.4 Å². The van der Waals surface area contributed by atoms with E-state index in [-0.39, 0.29) is 5.41 Å². The largest absolute Gasteiger partial charge is 0.467 e. The van der Waals surface area contributed by atoms with Gasteiger partial charge in [0.05, 0.1) is 18.9 Å². The van der Waals surface area contributed by atoms with E-state index in [9.17, 15) is 0 Å². The number of hydrogen-bond acceptors (Lipinski definition) is 4. The topological polar surface area (TPSA) is 61.3 Å². The van der Waals surface area contributed by atoms with Crippen molar-refractivity contribution in [1.82, 2.24) is 5.16 Å². The summed E-state index contributed by atoms with van der Waals surface area (Å²) in [4.78, 5) is 0. The molecule has 1 aliphatic rings. The summed E-state index contributed by atoms with van der Waals surface area (Å²) in [5, 5.41) is 3.69. The molecule has 0 bridgehead atoms.